The van der Waals surface area contributed by atoms with Crippen LogP contribution in [0.1, 0.15) is 6.42 Å². The van der Waals surface area contributed by atoms with Gasteiger partial charge in [-0.1, -0.05) is 12.1 Å². The van der Waals surface area contributed by atoms with Crippen LogP contribution < -0.4 is 5.32 Å². The average molecular weight is 318 g/mol. The number of carbonyl (C=O) groups excluding carboxylic acids is 1. The molecule has 0 fully saturated rings. The van der Waals surface area contributed by atoms with Gasteiger partial charge in [0.25, 0.3) is 0 Å². The number of ether oxygens (including phenoxy) is 1. The predicted molar refractivity (Wildman–Crippen MR) is 77.9 cm³/mol. The molecule has 1 aromatic carbocycles. The van der Waals surface area contributed by atoms with Gasteiger partial charge in [0.05, 0.1) is 18.6 Å². The Bertz CT molecular complexity index is 577. The lowest BCUT2D eigenvalue weighted by Gasteiger charge is -2.19. The Balaban J connectivity index is 2.56. The highest BCUT2D eigenvalue weighted by atomic mass is 32.2. The van der Waals surface area contributed by atoms with Crippen LogP contribution in [0.2, 0.25) is 0 Å². The van der Waals surface area contributed by atoms with Crippen LogP contribution in [0, 0.1) is 5.82 Å². The molecule has 8 heteroatoms. The van der Waals surface area contributed by atoms with Crippen LogP contribution in [-0.2, 0) is 19.6 Å². The maximum absolute atomic E-state index is 13.4. The third-order valence-corrected chi connectivity index (χ3v) is 4.05. The largest absolute Gasteiger partial charge is 0.383 e. The minimum atomic E-state index is -3.41. The lowest BCUT2D eigenvalue weighted by Crippen LogP contribution is -2.35. The predicted octanol–water partition coefficient (Wildman–Crippen LogP) is 1.06. The summed E-state index contributed by atoms with van der Waals surface area (Å²) in [6.45, 7) is 0.423. The molecule has 21 heavy (non-hydrogen) atoms. The molecule has 0 bridgehead atoms. The molecule has 0 saturated heterocycles. The van der Waals surface area contributed by atoms with Gasteiger partial charge in [0.2, 0.25) is 15.9 Å². The number of sulfonamides is 1. The molecule has 0 atom stereocenters. The molecule has 1 aromatic rings. The summed E-state index contributed by atoms with van der Waals surface area (Å²) >= 11 is 0. The van der Waals surface area contributed by atoms with Crippen molar-refractivity contribution in [3.05, 3.63) is 30.1 Å². The topological polar surface area (TPSA) is 75.7 Å². The van der Waals surface area contributed by atoms with E-state index < -0.39 is 21.7 Å². The standard InChI is InChI=1S/C13H19FN2O4S/c1-20-10-9-16(21(2,18)19)8-7-13(17)15-12-6-4-3-5-11(12)14/h3-6H,7-10H2,1-2H3,(H,15,17). The lowest BCUT2D eigenvalue weighted by atomic mass is 10.3. The zero-order valence-corrected chi connectivity index (χ0v) is 12.8. The number of hydrogen-bond acceptors (Lipinski definition) is 4. The Morgan fingerprint density at radius 3 is 2.57 bits per heavy atom. The quantitative estimate of drug-likeness (QED) is 0.778. The number of halogens is 1. The molecule has 1 rings (SSSR count). The summed E-state index contributed by atoms with van der Waals surface area (Å²) in [6.07, 6.45) is 1.00. The van der Waals surface area contributed by atoms with Crippen molar-refractivity contribution in [2.45, 2.75) is 6.42 Å². The van der Waals surface area contributed by atoms with Gasteiger partial charge in [-0.2, -0.15) is 4.31 Å². The first-order valence-corrected chi connectivity index (χ1v) is 8.18. The minimum absolute atomic E-state index is 0.0163. The molecule has 0 heterocycles. The van der Waals surface area contributed by atoms with Crippen LogP contribution in [0.5, 0.6) is 0 Å². The Labute approximate surface area is 123 Å². The average Bonchev–Trinajstić information content (AvgIpc) is 2.40. The smallest absolute Gasteiger partial charge is 0.225 e. The molecule has 1 amide bonds. The summed E-state index contributed by atoms with van der Waals surface area (Å²) in [5, 5.41) is 2.41. The van der Waals surface area contributed by atoms with E-state index in [1.165, 1.54) is 25.3 Å². The summed E-state index contributed by atoms with van der Waals surface area (Å²) in [4.78, 5) is 11.7. The zero-order chi connectivity index (χ0) is 15.9. The van der Waals surface area contributed by atoms with E-state index >= 15 is 0 Å². The van der Waals surface area contributed by atoms with Gasteiger partial charge in [0, 0.05) is 26.6 Å². The molecule has 0 aliphatic carbocycles. The number of anilines is 1. The van der Waals surface area contributed by atoms with Crippen LogP contribution in [-0.4, -0.2) is 51.7 Å². The van der Waals surface area contributed by atoms with Crippen LogP contribution in [0.3, 0.4) is 0 Å². The van der Waals surface area contributed by atoms with Crippen molar-refractivity contribution in [3.8, 4) is 0 Å². The third kappa shape index (κ3) is 6.19. The number of nitrogens with zero attached hydrogens (tertiary/aromatic N) is 1. The van der Waals surface area contributed by atoms with E-state index in [1.54, 1.807) is 6.07 Å². The minimum Gasteiger partial charge on any atom is -0.383 e. The molecule has 118 valence electrons. The molecule has 0 spiro atoms. The number of carbonyl (C=O) groups is 1. The molecule has 0 aliphatic heterocycles. The molecule has 6 nitrogen and oxygen atoms in total. The molecular weight excluding hydrogens is 299 g/mol. The number of amides is 1. The van der Waals surface area contributed by atoms with Gasteiger partial charge in [-0.05, 0) is 12.1 Å². The van der Waals surface area contributed by atoms with Gasteiger partial charge in [0.15, 0.2) is 0 Å². The highest BCUT2D eigenvalue weighted by Crippen LogP contribution is 2.12. The van der Waals surface area contributed by atoms with Crippen molar-refractivity contribution < 1.29 is 22.3 Å². The van der Waals surface area contributed by atoms with Crippen molar-refractivity contribution >= 4 is 21.6 Å². The van der Waals surface area contributed by atoms with Crippen molar-refractivity contribution in [2.24, 2.45) is 0 Å². The third-order valence-electron chi connectivity index (χ3n) is 2.75. The maximum Gasteiger partial charge on any atom is 0.225 e. The van der Waals surface area contributed by atoms with Crippen LogP contribution in [0.15, 0.2) is 24.3 Å². The van der Waals surface area contributed by atoms with Crippen molar-refractivity contribution in [1.29, 1.82) is 0 Å². The van der Waals surface area contributed by atoms with E-state index in [4.69, 9.17) is 4.74 Å². The van der Waals surface area contributed by atoms with Crippen molar-refractivity contribution in [2.75, 3.05) is 38.4 Å². The summed E-state index contributed by atoms with van der Waals surface area (Å²) in [5.74, 6) is -0.989. The number of methoxy groups -OCH3 is 1. The van der Waals surface area contributed by atoms with Gasteiger partial charge >= 0.3 is 0 Å². The fourth-order valence-corrected chi connectivity index (χ4v) is 2.47. The first-order chi connectivity index (χ1) is 9.84. The van der Waals surface area contributed by atoms with E-state index in [1.807, 2.05) is 0 Å². The number of hydrogen-bond donors (Lipinski definition) is 1. The van der Waals surface area contributed by atoms with Gasteiger partial charge in [-0.3, -0.25) is 4.79 Å². The molecular formula is C13H19FN2O4S. The summed E-state index contributed by atoms with van der Waals surface area (Å²) in [6, 6.07) is 5.78. The number of rotatable bonds is 8. The van der Waals surface area contributed by atoms with Gasteiger partial charge in [-0.15, -0.1) is 0 Å². The molecule has 0 aliphatic rings. The number of benzene rings is 1. The number of para-hydroxylation sites is 1. The highest BCUT2D eigenvalue weighted by Gasteiger charge is 2.17. The van der Waals surface area contributed by atoms with Crippen molar-refractivity contribution in [1.82, 2.24) is 4.31 Å². The SMILES string of the molecule is COCCN(CCC(=O)Nc1ccccc1F)S(C)(=O)=O. The number of nitrogens with one attached hydrogen (secondary N) is 1. The van der Waals surface area contributed by atoms with E-state index in [0.717, 1.165) is 10.6 Å². The van der Waals surface area contributed by atoms with E-state index in [-0.39, 0.29) is 31.8 Å². The van der Waals surface area contributed by atoms with Crippen LogP contribution in [0.25, 0.3) is 0 Å². The fourth-order valence-electron chi connectivity index (χ4n) is 1.64. The summed E-state index contributed by atoms with van der Waals surface area (Å²) < 4.78 is 42.4. The van der Waals surface area contributed by atoms with E-state index in [9.17, 15) is 17.6 Å². The Morgan fingerprint density at radius 2 is 2.00 bits per heavy atom. The normalized spacial score (nSPS) is 11.6. The summed E-state index contributed by atoms with van der Waals surface area (Å²) in [7, 11) is -1.95. The maximum atomic E-state index is 13.4. The van der Waals surface area contributed by atoms with Crippen molar-refractivity contribution in [3.63, 3.8) is 0 Å². The first kappa shape index (κ1) is 17.5. The summed E-state index contributed by atoms with van der Waals surface area (Å²) in [5.41, 5.74) is 0.0743. The Hall–Kier alpha value is -1.51. The zero-order valence-electron chi connectivity index (χ0n) is 12.0. The molecule has 0 radical (unpaired) electrons. The highest BCUT2D eigenvalue weighted by molar-refractivity contribution is 7.88. The Kier molecular flexibility index (Phi) is 6.73. The molecule has 0 aromatic heterocycles. The van der Waals surface area contributed by atoms with Crippen LogP contribution in [0.4, 0.5) is 10.1 Å². The second-order valence-corrected chi connectivity index (χ2v) is 6.42. The van der Waals surface area contributed by atoms with Crippen LogP contribution >= 0.6 is 0 Å². The molecule has 0 unspecified atom stereocenters. The molecule has 0 saturated carbocycles. The van der Waals surface area contributed by atoms with Gasteiger partial charge in [-0.25, -0.2) is 12.8 Å². The first-order valence-electron chi connectivity index (χ1n) is 6.33. The lowest BCUT2D eigenvalue weighted by molar-refractivity contribution is -0.116. The monoisotopic (exact) mass is 318 g/mol. The Morgan fingerprint density at radius 1 is 1.33 bits per heavy atom. The second-order valence-electron chi connectivity index (χ2n) is 4.43. The van der Waals surface area contributed by atoms with Gasteiger partial charge < -0.3 is 10.1 Å². The fraction of sp³-hybridized carbons (Fsp3) is 0.462. The van der Waals surface area contributed by atoms with E-state index in [2.05, 4.69) is 5.32 Å². The second kappa shape index (κ2) is 8.06. The van der Waals surface area contributed by atoms with Gasteiger partial charge in [0.1, 0.15) is 5.82 Å². The molecule has 1 N–H and O–H groups in total. The van der Waals surface area contributed by atoms with E-state index in [0.29, 0.717) is 0 Å².